The lowest BCUT2D eigenvalue weighted by Crippen LogP contribution is -2.39. The molecule has 2 aliphatic rings. The summed E-state index contributed by atoms with van der Waals surface area (Å²) in [5, 5.41) is -0.112. The second-order valence-electron chi connectivity index (χ2n) is 5.73. The lowest BCUT2D eigenvalue weighted by atomic mass is 9.97. The van der Waals surface area contributed by atoms with Crippen molar-refractivity contribution >= 4 is 15.7 Å². The summed E-state index contributed by atoms with van der Waals surface area (Å²) in [6.45, 7) is 2.57. The summed E-state index contributed by atoms with van der Waals surface area (Å²) in [7, 11) is -3.02. The fraction of sp³-hybridized carbons (Fsp3) is 0.643. The first-order chi connectivity index (χ1) is 9.65. The van der Waals surface area contributed by atoms with Crippen molar-refractivity contribution in [1.29, 1.82) is 0 Å². The minimum Gasteiger partial charge on any atom is -0.371 e. The molecule has 6 heteroatoms. The van der Waals surface area contributed by atoms with Crippen LogP contribution < -0.4 is 9.62 Å². The van der Waals surface area contributed by atoms with Crippen LogP contribution in [0.4, 0.5) is 5.69 Å². The van der Waals surface area contributed by atoms with Crippen molar-refractivity contribution in [2.24, 2.45) is 5.92 Å². The van der Waals surface area contributed by atoms with Crippen LogP contribution in [0.3, 0.4) is 0 Å². The molecule has 1 saturated carbocycles. The lowest BCUT2D eigenvalue weighted by Gasteiger charge is -2.33. The predicted octanol–water partition coefficient (Wildman–Crippen LogP) is 1.38. The van der Waals surface area contributed by atoms with Crippen LogP contribution in [0.2, 0.25) is 0 Å². The van der Waals surface area contributed by atoms with Crippen molar-refractivity contribution in [2.75, 3.05) is 24.5 Å². The Kier molecular flexibility index (Phi) is 3.94. The predicted molar refractivity (Wildman–Crippen MR) is 79.1 cm³/mol. The number of nitrogens with zero attached hydrogens (tertiary/aromatic N) is 2. The number of rotatable bonds is 5. The molecule has 0 atom stereocenters. The van der Waals surface area contributed by atoms with E-state index in [1.807, 2.05) is 24.5 Å². The van der Waals surface area contributed by atoms with E-state index in [9.17, 15) is 8.42 Å². The van der Waals surface area contributed by atoms with Gasteiger partial charge in [-0.25, -0.2) is 13.1 Å². The van der Waals surface area contributed by atoms with Gasteiger partial charge in [0.15, 0.2) is 0 Å². The Morgan fingerprint density at radius 2 is 1.80 bits per heavy atom. The number of aromatic nitrogens is 1. The van der Waals surface area contributed by atoms with Crippen molar-refractivity contribution in [1.82, 2.24) is 9.71 Å². The lowest BCUT2D eigenvalue weighted by molar-refractivity contribution is 0.402. The zero-order chi connectivity index (χ0) is 14.0. The van der Waals surface area contributed by atoms with Gasteiger partial charge in [0.25, 0.3) is 0 Å². The number of hydrogen-bond donors (Lipinski definition) is 1. The molecule has 5 nitrogen and oxygen atoms in total. The Bertz CT molecular complexity index is 535. The standard InChI is InChI=1S/C14H21N3O2S/c18-20(19,14-1-2-14)16-11-12-5-9-17(10-6-12)13-3-7-15-8-4-13/h3-4,7-8,12,14,16H,1-2,5-6,9-11H2. The number of sulfonamides is 1. The minimum absolute atomic E-state index is 0.112. The first-order valence-corrected chi connectivity index (χ1v) is 8.83. The van der Waals surface area contributed by atoms with E-state index in [4.69, 9.17) is 0 Å². The first-order valence-electron chi connectivity index (χ1n) is 7.28. The van der Waals surface area contributed by atoms with Gasteiger partial charge in [0.2, 0.25) is 10.0 Å². The Hall–Kier alpha value is -1.14. The van der Waals surface area contributed by atoms with E-state index in [0.717, 1.165) is 38.8 Å². The molecule has 0 radical (unpaired) electrons. The maximum Gasteiger partial charge on any atom is 0.214 e. The molecule has 1 N–H and O–H groups in total. The maximum absolute atomic E-state index is 11.8. The zero-order valence-corrected chi connectivity index (χ0v) is 12.3. The summed E-state index contributed by atoms with van der Waals surface area (Å²) in [5.74, 6) is 0.460. The zero-order valence-electron chi connectivity index (χ0n) is 11.5. The Morgan fingerprint density at radius 1 is 1.15 bits per heavy atom. The van der Waals surface area contributed by atoms with E-state index in [-0.39, 0.29) is 5.25 Å². The topological polar surface area (TPSA) is 62.3 Å². The van der Waals surface area contributed by atoms with Gasteiger partial charge in [-0.1, -0.05) is 0 Å². The van der Waals surface area contributed by atoms with Crippen molar-refractivity contribution in [3.05, 3.63) is 24.5 Å². The van der Waals surface area contributed by atoms with Crippen LogP contribution in [-0.4, -0.2) is 38.3 Å². The van der Waals surface area contributed by atoms with Gasteiger partial charge in [0, 0.05) is 37.7 Å². The van der Waals surface area contributed by atoms with Crippen molar-refractivity contribution in [3.63, 3.8) is 0 Å². The molecular weight excluding hydrogens is 274 g/mol. The van der Waals surface area contributed by atoms with E-state index in [2.05, 4.69) is 14.6 Å². The number of piperidine rings is 1. The quantitative estimate of drug-likeness (QED) is 0.891. The third-order valence-electron chi connectivity index (χ3n) is 4.18. The van der Waals surface area contributed by atoms with E-state index >= 15 is 0 Å². The number of hydrogen-bond acceptors (Lipinski definition) is 4. The highest BCUT2D eigenvalue weighted by Crippen LogP contribution is 2.28. The highest BCUT2D eigenvalue weighted by atomic mass is 32.2. The normalized spacial score (nSPS) is 21.1. The SMILES string of the molecule is O=S(=O)(NCC1CCN(c2ccncc2)CC1)C1CC1. The van der Waals surface area contributed by atoms with Crippen molar-refractivity contribution < 1.29 is 8.42 Å². The monoisotopic (exact) mass is 295 g/mol. The van der Waals surface area contributed by atoms with Gasteiger partial charge in [0.1, 0.15) is 0 Å². The fourth-order valence-corrected chi connectivity index (χ4v) is 4.14. The van der Waals surface area contributed by atoms with E-state index in [1.54, 1.807) is 0 Å². The summed E-state index contributed by atoms with van der Waals surface area (Å²) >= 11 is 0. The van der Waals surface area contributed by atoms with Gasteiger partial charge < -0.3 is 4.90 Å². The van der Waals surface area contributed by atoms with Crippen molar-refractivity contribution in [2.45, 2.75) is 30.9 Å². The average Bonchev–Trinajstić information content (AvgIpc) is 3.32. The first kappa shape index (κ1) is 13.8. The molecule has 1 aliphatic heterocycles. The Labute approximate surface area is 120 Å². The number of nitrogens with one attached hydrogen (secondary N) is 1. The molecule has 0 unspecified atom stereocenters. The molecule has 0 aromatic carbocycles. The largest absolute Gasteiger partial charge is 0.371 e. The molecule has 0 spiro atoms. The van der Waals surface area contributed by atoms with Crippen LogP contribution in [0.5, 0.6) is 0 Å². The van der Waals surface area contributed by atoms with Gasteiger partial charge in [0.05, 0.1) is 5.25 Å². The second kappa shape index (κ2) is 5.69. The molecule has 3 rings (SSSR count). The number of anilines is 1. The van der Waals surface area contributed by atoms with E-state index in [1.165, 1.54) is 5.69 Å². The Morgan fingerprint density at radius 3 is 2.40 bits per heavy atom. The fourth-order valence-electron chi connectivity index (χ4n) is 2.68. The third-order valence-corrected chi connectivity index (χ3v) is 6.10. The highest BCUT2D eigenvalue weighted by Gasteiger charge is 2.35. The van der Waals surface area contributed by atoms with Gasteiger partial charge in [-0.05, 0) is 43.7 Å². The number of pyridine rings is 1. The van der Waals surface area contributed by atoms with Crippen LogP contribution in [0.1, 0.15) is 25.7 Å². The van der Waals surface area contributed by atoms with Crippen LogP contribution in [0.25, 0.3) is 0 Å². The third kappa shape index (κ3) is 3.30. The van der Waals surface area contributed by atoms with Gasteiger partial charge in [-0.3, -0.25) is 4.98 Å². The minimum atomic E-state index is -3.02. The summed E-state index contributed by atoms with van der Waals surface area (Å²) in [4.78, 5) is 6.37. The molecule has 0 bridgehead atoms. The molecule has 2 fully saturated rings. The molecule has 110 valence electrons. The second-order valence-corrected chi connectivity index (χ2v) is 7.77. The smallest absolute Gasteiger partial charge is 0.214 e. The summed E-state index contributed by atoms with van der Waals surface area (Å²) in [6, 6.07) is 4.05. The molecule has 1 aromatic heterocycles. The molecule has 2 heterocycles. The van der Waals surface area contributed by atoms with Crippen LogP contribution in [0.15, 0.2) is 24.5 Å². The molecule has 0 amide bonds. The summed E-state index contributed by atoms with van der Waals surface area (Å²) < 4.78 is 26.4. The van der Waals surface area contributed by atoms with Crippen LogP contribution in [-0.2, 0) is 10.0 Å². The van der Waals surface area contributed by atoms with Crippen molar-refractivity contribution in [3.8, 4) is 0 Å². The maximum atomic E-state index is 11.8. The summed E-state index contributed by atoms with van der Waals surface area (Å²) in [5.41, 5.74) is 1.21. The van der Waals surface area contributed by atoms with Gasteiger partial charge >= 0.3 is 0 Å². The van der Waals surface area contributed by atoms with Gasteiger partial charge in [-0.2, -0.15) is 0 Å². The van der Waals surface area contributed by atoms with Crippen LogP contribution >= 0.6 is 0 Å². The molecule has 20 heavy (non-hydrogen) atoms. The summed E-state index contributed by atoms with van der Waals surface area (Å²) in [6.07, 6.45) is 7.35. The van der Waals surface area contributed by atoms with Crippen LogP contribution in [0, 0.1) is 5.92 Å². The molecular formula is C14H21N3O2S. The van der Waals surface area contributed by atoms with E-state index in [0.29, 0.717) is 12.5 Å². The molecule has 1 aromatic rings. The van der Waals surface area contributed by atoms with Gasteiger partial charge in [-0.15, -0.1) is 0 Å². The average molecular weight is 295 g/mol. The Balaban J connectivity index is 1.47. The highest BCUT2D eigenvalue weighted by molar-refractivity contribution is 7.90. The molecule has 1 saturated heterocycles. The molecule has 1 aliphatic carbocycles. The van der Waals surface area contributed by atoms with E-state index < -0.39 is 10.0 Å².